The minimum atomic E-state index is -0.750. The molecule has 6 heteroatoms. The van der Waals surface area contributed by atoms with Gasteiger partial charge >= 0.3 is 6.03 Å². The third-order valence-corrected chi connectivity index (χ3v) is 8.76. The fourth-order valence-corrected chi connectivity index (χ4v) is 6.63. The molecule has 3 amide bonds. The number of amides is 3. The summed E-state index contributed by atoms with van der Waals surface area (Å²) in [5.41, 5.74) is 3.55. The minimum Gasteiger partial charge on any atom is -0.372 e. The summed E-state index contributed by atoms with van der Waals surface area (Å²) in [4.78, 5) is 35.8. The Morgan fingerprint density at radius 2 is 1.54 bits per heavy atom. The molecule has 37 heavy (non-hydrogen) atoms. The van der Waals surface area contributed by atoms with Gasteiger partial charge in [0.1, 0.15) is 5.54 Å². The Hall–Kier alpha value is -3.38. The highest BCUT2D eigenvalue weighted by Gasteiger charge is 2.58. The lowest BCUT2D eigenvalue weighted by atomic mass is 9.85. The molecule has 0 atom stereocenters. The molecule has 3 saturated heterocycles. The first-order chi connectivity index (χ1) is 18.0. The van der Waals surface area contributed by atoms with Gasteiger partial charge in [-0.05, 0) is 79.6 Å². The largest absolute Gasteiger partial charge is 0.372 e. The Bertz CT molecular complexity index is 1320. The highest BCUT2D eigenvalue weighted by Crippen LogP contribution is 2.41. The maximum atomic E-state index is 14.0. The van der Waals surface area contributed by atoms with Crippen LogP contribution in [0.15, 0.2) is 60.7 Å². The molecular weight excluding hydrogens is 460 g/mol. The molecular formula is C31H36N4O2. The lowest BCUT2D eigenvalue weighted by Crippen LogP contribution is -2.56. The van der Waals surface area contributed by atoms with Crippen molar-refractivity contribution in [1.82, 2.24) is 9.80 Å². The van der Waals surface area contributed by atoms with Gasteiger partial charge in [0.25, 0.3) is 5.91 Å². The number of hydrogen-bond acceptors (Lipinski definition) is 4. The summed E-state index contributed by atoms with van der Waals surface area (Å²) in [6.45, 7) is 9.31. The number of benzene rings is 3. The molecule has 0 bridgehead atoms. The van der Waals surface area contributed by atoms with E-state index in [1.54, 1.807) is 0 Å². The van der Waals surface area contributed by atoms with Crippen molar-refractivity contribution < 1.29 is 9.59 Å². The van der Waals surface area contributed by atoms with Gasteiger partial charge in [-0.2, -0.15) is 0 Å². The maximum absolute atomic E-state index is 14.0. The van der Waals surface area contributed by atoms with Gasteiger partial charge < -0.3 is 9.80 Å². The van der Waals surface area contributed by atoms with Gasteiger partial charge in [-0.15, -0.1) is 0 Å². The van der Waals surface area contributed by atoms with Gasteiger partial charge in [0, 0.05) is 45.0 Å². The number of carbonyl (C=O) groups excluding carboxylic acids is 2. The number of piperidine rings is 1. The number of nitrogens with zero attached hydrogens (tertiary/aromatic N) is 4. The number of aryl methyl sites for hydroxylation is 1. The molecule has 0 saturated carbocycles. The summed E-state index contributed by atoms with van der Waals surface area (Å²) < 4.78 is 0. The molecule has 3 aromatic carbocycles. The second-order valence-corrected chi connectivity index (χ2v) is 10.8. The van der Waals surface area contributed by atoms with Crippen LogP contribution in [0, 0.1) is 6.92 Å². The van der Waals surface area contributed by atoms with Crippen molar-refractivity contribution in [3.63, 3.8) is 0 Å². The summed E-state index contributed by atoms with van der Waals surface area (Å²) in [7, 11) is 0. The Balaban J connectivity index is 1.19. The van der Waals surface area contributed by atoms with E-state index < -0.39 is 5.54 Å². The quantitative estimate of drug-likeness (QED) is 0.433. The monoisotopic (exact) mass is 496 g/mol. The summed E-state index contributed by atoms with van der Waals surface area (Å²) >= 11 is 0. The van der Waals surface area contributed by atoms with E-state index in [4.69, 9.17) is 0 Å². The van der Waals surface area contributed by atoms with Crippen LogP contribution in [0.3, 0.4) is 0 Å². The molecule has 6 rings (SSSR count). The lowest BCUT2D eigenvalue weighted by Gasteiger charge is -2.42. The van der Waals surface area contributed by atoms with E-state index in [1.165, 1.54) is 29.0 Å². The Morgan fingerprint density at radius 3 is 2.24 bits per heavy atom. The van der Waals surface area contributed by atoms with Gasteiger partial charge in [-0.25, -0.2) is 9.69 Å². The fourth-order valence-electron chi connectivity index (χ4n) is 6.63. The molecule has 3 aromatic rings. The smallest absolute Gasteiger partial charge is 0.332 e. The van der Waals surface area contributed by atoms with E-state index in [-0.39, 0.29) is 11.9 Å². The molecule has 3 aliphatic heterocycles. The summed E-state index contributed by atoms with van der Waals surface area (Å²) in [5.74, 6) is -0.0626. The standard InChI is InChI=1S/C31H36N4O2/c1-3-34-30(37)35(28-15-12-25-8-4-5-9-27(25)23(28)2)29(36)31(34)16-20-32(21-17-31)22-24-10-13-26(14-11-24)33-18-6-7-19-33/h4-5,8-15H,3,6-7,16-22H2,1-2H3. The number of carbonyl (C=O) groups is 2. The van der Waals surface area contributed by atoms with Crippen molar-refractivity contribution >= 4 is 34.1 Å². The molecule has 6 nitrogen and oxygen atoms in total. The van der Waals surface area contributed by atoms with E-state index in [2.05, 4.69) is 46.2 Å². The normalized spacial score (nSPS) is 20.1. The molecule has 0 unspecified atom stereocenters. The van der Waals surface area contributed by atoms with Crippen LogP contribution < -0.4 is 9.80 Å². The summed E-state index contributed by atoms with van der Waals surface area (Å²) in [6, 6.07) is 20.9. The van der Waals surface area contributed by atoms with Crippen molar-refractivity contribution in [1.29, 1.82) is 0 Å². The zero-order valence-corrected chi connectivity index (χ0v) is 21.9. The third kappa shape index (κ3) is 3.98. The molecule has 192 valence electrons. The van der Waals surface area contributed by atoms with Crippen LogP contribution in [0.25, 0.3) is 10.8 Å². The van der Waals surface area contributed by atoms with E-state index in [0.717, 1.165) is 49.1 Å². The number of likely N-dealkylation sites (N-methyl/N-ethyl adjacent to an activating group) is 1. The molecule has 0 radical (unpaired) electrons. The molecule has 0 aromatic heterocycles. The minimum absolute atomic E-state index is 0.0626. The van der Waals surface area contributed by atoms with Crippen LogP contribution in [0.1, 0.15) is 43.7 Å². The highest BCUT2D eigenvalue weighted by atomic mass is 16.2. The van der Waals surface area contributed by atoms with Crippen LogP contribution in [0.2, 0.25) is 0 Å². The summed E-state index contributed by atoms with van der Waals surface area (Å²) in [5, 5.41) is 2.20. The second-order valence-electron chi connectivity index (χ2n) is 10.8. The first kappa shape index (κ1) is 24.0. The Morgan fingerprint density at radius 1 is 0.838 bits per heavy atom. The van der Waals surface area contributed by atoms with Crippen molar-refractivity contribution in [2.45, 2.75) is 51.6 Å². The van der Waals surface area contributed by atoms with Gasteiger partial charge in [0.2, 0.25) is 0 Å². The molecule has 0 N–H and O–H groups in total. The topological polar surface area (TPSA) is 47.1 Å². The Kier molecular flexibility index (Phi) is 6.15. The predicted octanol–water partition coefficient (Wildman–Crippen LogP) is 5.57. The van der Waals surface area contributed by atoms with E-state index >= 15 is 0 Å². The number of imide groups is 1. The number of hydrogen-bond donors (Lipinski definition) is 0. The number of rotatable bonds is 5. The van der Waals surface area contributed by atoms with Gasteiger partial charge in [0.05, 0.1) is 5.69 Å². The number of anilines is 2. The van der Waals surface area contributed by atoms with Crippen LogP contribution in [-0.4, -0.2) is 60.0 Å². The van der Waals surface area contributed by atoms with Crippen LogP contribution in [0.5, 0.6) is 0 Å². The number of urea groups is 1. The van der Waals surface area contributed by atoms with Gasteiger partial charge in [0.15, 0.2) is 0 Å². The zero-order valence-electron chi connectivity index (χ0n) is 21.9. The van der Waals surface area contributed by atoms with E-state index in [1.807, 2.05) is 43.0 Å². The van der Waals surface area contributed by atoms with Crippen molar-refractivity contribution in [3.05, 3.63) is 71.8 Å². The molecule has 1 spiro atoms. The Labute approximate surface area is 219 Å². The molecule has 3 aliphatic rings. The summed E-state index contributed by atoms with van der Waals surface area (Å²) in [6.07, 6.45) is 3.90. The maximum Gasteiger partial charge on any atom is 0.332 e. The number of likely N-dealkylation sites (tertiary alicyclic amines) is 1. The van der Waals surface area contributed by atoms with Crippen LogP contribution in [-0.2, 0) is 11.3 Å². The van der Waals surface area contributed by atoms with Crippen LogP contribution in [0.4, 0.5) is 16.2 Å². The first-order valence-corrected chi connectivity index (χ1v) is 13.7. The fraction of sp³-hybridized carbons (Fsp3) is 0.419. The second kappa shape index (κ2) is 9.49. The SMILES string of the molecule is CCN1C(=O)N(c2ccc3ccccc3c2C)C(=O)C12CCN(Cc1ccc(N3CCCC3)cc1)CC2. The van der Waals surface area contributed by atoms with E-state index in [0.29, 0.717) is 25.1 Å². The van der Waals surface area contributed by atoms with Crippen molar-refractivity contribution in [3.8, 4) is 0 Å². The highest BCUT2D eigenvalue weighted by molar-refractivity contribution is 6.24. The molecule has 3 fully saturated rings. The zero-order chi connectivity index (χ0) is 25.6. The predicted molar refractivity (Wildman–Crippen MR) is 149 cm³/mol. The van der Waals surface area contributed by atoms with Gasteiger partial charge in [-0.3, -0.25) is 9.69 Å². The van der Waals surface area contributed by atoms with Gasteiger partial charge in [-0.1, -0.05) is 42.5 Å². The third-order valence-electron chi connectivity index (χ3n) is 8.76. The average molecular weight is 497 g/mol. The van der Waals surface area contributed by atoms with Crippen LogP contribution >= 0.6 is 0 Å². The lowest BCUT2D eigenvalue weighted by molar-refractivity contribution is -0.127. The average Bonchev–Trinajstić information content (AvgIpc) is 3.53. The van der Waals surface area contributed by atoms with Crippen molar-refractivity contribution in [2.24, 2.45) is 0 Å². The molecule has 0 aliphatic carbocycles. The first-order valence-electron chi connectivity index (χ1n) is 13.7. The molecule has 3 heterocycles. The van der Waals surface area contributed by atoms with Crippen molar-refractivity contribution in [2.75, 3.05) is 42.5 Å². The van der Waals surface area contributed by atoms with E-state index in [9.17, 15) is 9.59 Å². The number of fused-ring (bicyclic) bond motifs is 1.